The molecule has 1 unspecified atom stereocenters. The van der Waals surface area contributed by atoms with Crippen molar-refractivity contribution >= 4 is 0 Å². The van der Waals surface area contributed by atoms with E-state index in [1.54, 1.807) is 0 Å². The maximum atomic E-state index is 8.70. The average molecular weight is 185 g/mol. The fourth-order valence-electron chi connectivity index (χ4n) is 1.45. The van der Waals surface area contributed by atoms with Crippen LogP contribution in [-0.4, -0.2) is 0 Å². The summed E-state index contributed by atoms with van der Waals surface area (Å²) >= 11 is 0. The van der Waals surface area contributed by atoms with Crippen molar-refractivity contribution in [3.05, 3.63) is 48.0 Å². The van der Waals surface area contributed by atoms with E-state index in [-0.39, 0.29) is 5.92 Å². The molecule has 0 heterocycles. The van der Waals surface area contributed by atoms with Crippen LogP contribution in [-0.2, 0) is 12.8 Å². The molecule has 1 heteroatoms. The monoisotopic (exact) mass is 185 g/mol. The molecule has 0 bridgehead atoms. The van der Waals surface area contributed by atoms with Crippen LogP contribution in [0.1, 0.15) is 18.1 Å². The van der Waals surface area contributed by atoms with Gasteiger partial charge in [-0.2, -0.15) is 5.26 Å². The minimum Gasteiger partial charge on any atom is -0.198 e. The molecule has 1 aromatic rings. The lowest BCUT2D eigenvalue weighted by Gasteiger charge is -2.04. The number of allylic oxidation sites excluding steroid dienone is 1. The molecule has 0 N–H and O–H groups in total. The Morgan fingerprint density at radius 2 is 2.21 bits per heavy atom. The number of hydrogen-bond donors (Lipinski definition) is 0. The lowest BCUT2D eigenvalue weighted by molar-refractivity contribution is 0.738. The Bertz CT molecular complexity index is 346. The van der Waals surface area contributed by atoms with E-state index in [4.69, 9.17) is 5.26 Å². The van der Waals surface area contributed by atoms with Crippen molar-refractivity contribution in [3.63, 3.8) is 0 Å². The van der Waals surface area contributed by atoms with Gasteiger partial charge in [0.1, 0.15) is 0 Å². The van der Waals surface area contributed by atoms with Gasteiger partial charge in [0.25, 0.3) is 0 Å². The Morgan fingerprint density at radius 3 is 2.86 bits per heavy atom. The summed E-state index contributed by atoms with van der Waals surface area (Å²) in [5.41, 5.74) is 2.50. The first-order valence-corrected chi connectivity index (χ1v) is 4.84. The molecule has 0 aliphatic heterocycles. The minimum absolute atomic E-state index is 0.0916. The molecule has 0 spiro atoms. The Kier molecular flexibility index (Phi) is 3.94. The second-order valence-electron chi connectivity index (χ2n) is 3.55. The van der Waals surface area contributed by atoms with Gasteiger partial charge >= 0.3 is 0 Å². The summed E-state index contributed by atoms with van der Waals surface area (Å²) in [7, 11) is 0. The predicted octanol–water partition coefficient (Wildman–Crippen LogP) is 3.12. The summed E-state index contributed by atoms with van der Waals surface area (Å²) in [5.74, 6) is 0.0916. The van der Waals surface area contributed by atoms with Gasteiger partial charge in [-0.05, 0) is 30.9 Å². The SMILES string of the molecule is C=CCc1cccc(CC(C)C#N)c1. The summed E-state index contributed by atoms with van der Waals surface area (Å²) in [6.45, 7) is 5.66. The average Bonchev–Trinajstić information content (AvgIpc) is 2.19. The van der Waals surface area contributed by atoms with Gasteiger partial charge in [0.2, 0.25) is 0 Å². The molecule has 0 saturated carbocycles. The lowest BCUT2D eigenvalue weighted by Crippen LogP contribution is -1.96. The quantitative estimate of drug-likeness (QED) is 0.661. The van der Waals surface area contributed by atoms with E-state index in [2.05, 4.69) is 30.8 Å². The van der Waals surface area contributed by atoms with E-state index in [1.807, 2.05) is 19.1 Å². The number of rotatable bonds is 4. The summed E-state index contributed by atoms with van der Waals surface area (Å²) in [6.07, 6.45) is 3.63. The van der Waals surface area contributed by atoms with Gasteiger partial charge in [0.05, 0.1) is 6.07 Å². The normalized spacial score (nSPS) is 11.7. The van der Waals surface area contributed by atoms with Crippen molar-refractivity contribution in [1.82, 2.24) is 0 Å². The van der Waals surface area contributed by atoms with E-state index in [1.165, 1.54) is 11.1 Å². The fourth-order valence-corrected chi connectivity index (χ4v) is 1.45. The van der Waals surface area contributed by atoms with E-state index in [0.717, 1.165) is 12.8 Å². The highest BCUT2D eigenvalue weighted by Gasteiger charge is 2.01. The zero-order valence-electron chi connectivity index (χ0n) is 8.53. The van der Waals surface area contributed by atoms with Crippen molar-refractivity contribution in [2.24, 2.45) is 5.92 Å². The van der Waals surface area contributed by atoms with Crippen molar-refractivity contribution in [1.29, 1.82) is 5.26 Å². The van der Waals surface area contributed by atoms with Gasteiger partial charge in [-0.1, -0.05) is 30.3 Å². The van der Waals surface area contributed by atoms with Gasteiger partial charge in [-0.25, -0.2) is 0 Å². The first-order valence-electron chi connectivity index (χ1n) is 4.84. The topological polar surface area (TPSA) is 23.8 Å². The molecule has 1 rings (SSSR count). The third kappa shape index (κ3) is 3.06. The summed E-state index contributed by atoms with van der Waals surface area (Å²) in [5, 5.41) is 8.70. The molecule has 14 heavy (non-hydrogen) atoms. The van der Waals surface area contributed by atoms with Gasteiger partial charge in [-0.3, -0.25) is 0 Å². The van der Waals surface area contributed by atoms with Crippen LogP contribution in [0.4, 0.5) is 0 Å². The van der Waals surface area contributed by atoms with Crippen LogP contribution in [0.25, 0.3) is 0 Å². The first-order chi connectivity index (χ1) is 6.76. The van der Waals surface area contributed by atoms with E-state index in [0.29, 0.717) is 0 Å². The highest BCUT2D eigenvalue weighted by Crippen LogP contribution is 2.11. The smallest absolute Gasteiger partial charge is 0.0656 e. The Labute approximate surface area is 85.7 Å². The first kappa shape index (κ1) is 10.5. The molecule has 0 aliphatic carbocycles. The van der Waals surface area contributed by atoms with Crippen LogP contribution in [0.3, 0.4) is 0 Å². The maximum absolute atomic E-state index is 8.70. The van der Waals surface area contributed by atoms with Crippen LogP contribution in [0, 0.1) is 17.2 Å². The van der Waals surface area contributed by atoms with Gasteiger partial charge in [0.15, 0.2) is 0 Å². The molecule has 1 atom stereocenters. The summed E-state index contributed by atoms with van der Waals surface area (Å²) in [6, 6.07) is 10.6. The van der Waals surface area contributed by atoms with Crippen LogP contribution >= 0.6 is 0 Å². The molecule has 0 radical (unpaired) electrons. The van der Waals surface area contributed by atoms with Crippen LogP contribution < -0.4 is 0 Å². The molecular weight excluding hydrogens is 170 g/mol. The second-order valence-corrected chi connectivity index (χ2v) is 3.55. The van der Waals surface area contributed by atoms with E-state index in [9.17, 15) is 0 Å². The summed E-state index contributed by atoms with van der Waals surface area (Å²) < 4.78 is 0. The number of nitriles is 1. The molecule has 1 aromatic carbocycles. The maximum Gasteiger partial charge on any atom is 0.0656 e. The molecule has 0 amide bonds. The molecule has 0 aliphatic rings. The zero-order valence-corrected chi connectivity index (χ0v) is 8.53. The van der Waals surface area contributed by atoms with Crippen LogP contribution in [0.2, 0.25) is 0 Å². The fraction of sp³-hybridized carbons (Fsp3) is 0.308. The highest BCUT2D eigenvalue weighted by molar-refractivity contribution is 5.25. The standard InChI is InChI=1S/C13H15N/c1-3-5-12-6-4-7-13(9-12)8-11(2)10-14/h3-4,6-7,9,11H,1,5,8H2,2H3. The third-order valence-electron chi connectivity index (χ3n) is 2.13. The summed E-state index contributed by atoms with van der Waals surface area (Å²) in [4.78, 5) is 0. The van der Waals surface area contributed by atoms with Gasteiger partial charge < -0.3 is 0 Å². The van der Waals surface area contributed by atoms with Gasteiger partial charge in [-0.15, -0.1) is 6.58 Å². The Morgan fingerprint density at radius 1 is 1.50 bits per heavy atom. The highest BCUT2D eigenvalue weighted by atomic mass is 14.3. The molecule has 1 nitrogen and oxygen atoms in total. The third-order valence-corrected chi connectivity index (χ3v) is 2.13. The molecular formula is C13H15N. The predicted molar refractivity (Wildman–Crippen MR) is 58.8 cm³/mol. The van der Waals surface area contributed by atoms with Crippen molar-refractivity contribution in [3.8, 4) is 6.07 Å². The molecule has 0 saturated heterocycles. The zero-order chi connectivity index (χ0) is 10.4. The number of nitrogens with zero attached hydrogens (tertiary/aromatic N) is 1. The van der Waals surface area contributed by atoms with Crippen molar-refractivity contribution < 1.29 is 0 Å². The lowest BCUT2D eigenvalue weighted by atomic mass is 10.00. The van der Waals surface area contributed by atoms with E-state index >= 15 is 0 Å². The largest absolute Gasteiger partial charge is 0.198 e. The van der Waals surface area contributed by atoms with Crippen molar-refractivity contribution in [2.45, 2.75) is 19.8 Å². The van der Waals surface area contributed by atoms with Gasteiger partial charge in [0, 0.05) is 5.92 Å². The molecule has 0 aromatic heterocycles. The number of hydrogen-bond acceptors (Lipinski definition) is 1. The van der Waals surface area contributed by atoms with Crippen LogP contribution in [0.5, 0.6) is 0 Å². The second kappa shape index (κ2) is 5.24. The number of benzene rings is 1. The minimum atomic E-state index is 0.0916. The Hall–Kier alpha value is -1.55. The molecule has 0 fully saturated rings. The van der Waals surface area contributed by atoms with Crippen molar-refractivity contribution in [2.75, 3.05) is 0 Å². The molecule has 72 valence electrons. The Balaban J connectivity index is 2.73. The van der Waals surface area contributed by atoms with Crippen LogP contribution in [0.15, 0.2) is 36.9 Å². The van der Waals surface area contributed by atoms with E-state index < -0.39 is 0 Å².